The van der Waals surface area contributed by atoms with Crippen LogP contribution in [0.3, 0.4) is 0 Å². The van der Waals surface area contributed by atoms with E-state index in [0.717, 1.165) is 0 Å². The molecule has 54 valence electrons. The van der Waals surface area contributed by atoms with Crippen LogP contribution in [-0.2, 0) is 0 Å². The Morgan fingerprint density at radius 2 is 1.67 bits per heavy atom. The molecule has 1 aliphatic carbocycles. The van der Waals surface area contributed by atoms with Crippen molar-refractivity contribution in [3.8, 4) is 0 Å². The highest BCUT2D eigenvalue weighted by Gasteiger charge is 2.33. The van der Waals surface area contributed by atoms with Crippen molar-refractivity contribution >= 4 is 0 Å². The number of hydrogen-bond acceptors (Lipinski definition) is 1. The molecule has 1 rings (SSSR count). The minimum Gasteiger partial charge on any atom is -0.396 e. The number of hydrogen-bond donors (Lipinski definition) is 1. The van der Waals surface area contributed by atoms with Crippen LogP contribution in [0.2, 0.25) is 0 Å². The molecule has 3 atom stereocenters. The molecule has 0 aromatic carbocycles. The van der Waals surface area contributed by atoms with Crippen LogP contribution in [0.4, 0.5) is 8.78 Å². The summed E-state index contributed by atoms with van der Waals surface area (Å²) >= 11 is 0. The SMILES string of the molecule is OCC1CC(F)[C@@H](F)C1. The van der Waals surface area contributed by atoms with Gasteiger partial charge in [0.25, 0.3) is 0 Å². The van der Waals surface area contributed by atoms with E-state index in [-0.39, 0.29) is 25.4 Å². The summed E-state index contributed by atoms with van der Waals surface area (Å²) in [7, 11) is 0. The van der Waals surface area contributed by atoms with Crippen LogP contribution in [0.15, 0.2) is 0 Å². The fourth-order valence-corrected chi connectivity index (χ4v) is 1.18. The highest BCUT2D eigenvalue weighted by atomic mass is 19.2. The average molecular weight is 136 g/mol. The van der Waals surface area contributed by atoms with Gasteiger partial charge in [-0.2, -0.15) is 0 Å². The Kier molecular flexibility index (Phi) is 2.01. The molecule has 0 saturated heterocycles. The molecule has 1 aliphatic rings. The Hall–Kier alpha value is -0.180. The molecule has 1 fully saturated rings. The first kappa shape index (κ1) is 6.93. The van der Waals surface area contributed by atoms with E-state index in [4.69, 9.17) is 5.11 Å². The molecular weight excluding hydrogens is 126 g/mol. The second-order valence-electron chi connectivity index (χ2n) is 2.55. The Bertz CT molecular complexity index is 87.1. The van der Waals surface area contributed by atoms with Crippen LogP contribution in [-0.4, -0.2) is 24.1 Å². The molecule has 0 aromatic heterocycles. The lowest BCUT2D eigenvalue weighted by Gasteiger charge is -1.99. The number of halogens is 2. The van der Waals surface area contributed by atoms with E-state index in [9.17, 15) is 8.78 Å². The minimum absolute atomic E-state index is 0.0825. The molecule has 0 amide bonds. The summed E-state index contributed by atoms with van der Waals surface area (Å²) < 4.78 is 24.5. The first-order valence-electron chi connectivity index (χ1n) is 3.13. The van der Waals surface area contributed by atoms with Gasteiger partial charge < -0.3 is 5.11 Å². The zero-order valence-electron chi connectivity index (χ0n) is 5.06. The predicted molar refractivity (Wildman–Crippen MR) is 29.6 cm³/mol. The standard InChI is InChI=1S/C6H10F2O/c7-5-1-4(3-9)2-6(5)8/h4-6,9H,1-3H2/t4?,5-,6?/m0/s1. The van der Waals surface area contributed by atoms with E-state index >= 15 is 0 Å². The van der Waals surface area contributed by atoms with Gasteiger partial charge in [-0.3, -0.25) is 0 Å². The third kappa shape index (κ3) is 1.39. The first-order chi connectivity index (χ1) is 4.24. The molecule has 1 nitrogen and oxygen atoms in total. The van der Waals surface area contributed by atoms with Crippen LogP contribution in [0.25, 0.3) is 0 Å². The number of aliphatic hydroxyl groups excluding tert-OH is 1. The summed E-state index contributed by atoms with van der Waals surface area (Å²) in [6.45, 7) is -0.0825. The quantitative estimate of drug-likeness (QED) is 0.571. The van der Waals surface area contributed by atoms with Crippen molar-refractivity contribution in [1.29, 1.82) is 0 Å². The zero-order chi connectivity index (χ0) is 6.85. The van der Waals surface area contributed by atoms with Crippen molar-refractivity contribution in [2.75, 3.05) is 6.61 Å². The Morgan fingerprint density at radius 1 is 1.22 bits per heavy atom. The maximum absolute atomic E-state index is 12.3. The van der Waals surface area contributed by atoms with E-state index in [2.05, 4.69) is 0 Å². The molecule has 0 bridgehead atoms. The summed E-state index contributed by atoms with van der Waals surface area (Å²) in [5.74, 6) is -0.144. The topological polar surface area (TPSA) is 20.2 Å². The minimum atomic E-state index is -1.33. The molecule has 0 aromatic rings. The Labute approximate surface area is 52.7 Å². The lowest BCUT2D eigenvalue weighted by atomic mass is 10.1. The van der Waals surface area contributed by atoms with E-state index in [1.54, 1.807) is 0 Å². The second kappa shape index (κ2) is 2.60. The van der Waals surface area contributed by atoms with Gasteiger partial charge in [-0.15, -0.1) is 0 Å². The van der Waals surface area contributed by atoms with E-state index in [1.165, 1.54) is 0 Å². The van der Waals surface area contributed by atoms with Gasteiger partial charge in [-0.1, -0.05) is 0 Å². The average Bonchev–Trinajstić information content (AvgIpc) is 2.13. The maximum atomic E-state index is 12.3. The van der Waals surface area contributed by atoms with Gasteiger partial charge in [0.2, 0.25) is 0 Å². The molecule has 1 N–H and O–H groups in total. The highest BCUT2D eigenvalue weighted by molar-refractivity contribution is 4.82. The summed E-state index contributed by atoms with van der Waals surface area (Å²) in [5, 5.41) is 8.47. The van der Waals surface area contributed by atoms with E-state index < -0.39 is 12.3 Å². The van der Waals surface area contributed by atoms with Gasteiger partial charge in [0.15, 0.2) is 0 Å². The molecule has 0 heterocycles. The molecular formula is C6H10F2O. The maximum Gasteiger partial charge on any atom is 0.132 e. The molecule has 2 unspecified atom stereocenters. The van der Waals surface area contributed by atoms with Crippen molar-refractivity contribution in [2.45, 2.75) is 25.2 Å². The number of alkyl halides is 2. The van der Waals surface area contributed by atoms with Crippen molar-refractivity contribution in [2.24, 2.45) is 5.92 Å². The summed E-state index contributed by atoms with van der Waals surface area (Å²) in [4.78, 5) is 0. The van der Waals surface area contributed by atoms with E-state index in [0.29, 0.717) is 0 Å². The Morgan fingerprint density at radius 3 is 1.89 bits per heavy atom. The summed E-state index contributed by atoms with van der Waals surface area (Å²) in [5.41, 5.74) is 0. The largest absolute Gasteiger partial charge is 0.396 e. The lowest BCUT2D eigenvalue weighted by Crippen LogP contribution is -2.06. The number of aliphatic hydroxyl groups is 1. The third-order valence-electron chi connectivity index (χ3n) is 1.77. The van der Waals surface area contributed by atoms with Crippen LogP contribution >= 0.6 is 0 Å². The summed E-state index contributed by atoms with van der Waals surface area (Å²) in [6, 6.07) is 0. The molecule has 3 heteroatoms. The molecule has 1 saturated carbocycles. The van der Waals surface area contributed by atoms with Crippen molar-refractivity contribution in [3.63, 3.8) is 0 Å². The first-order valence-corrected chi connectivity index (χ1v) is 3.13. The van der Waals surface area contributed by atoms with Gasteiger partial charge in [-0.25, -0.2) is 8.78 Å². The zero-order valence-corrected chi connectivity index (χ0v) is 5.06. The van der Waals surface area contributed by atoms with Crippen molar-refractivity contribution < 1.29 is 13.9 Å². The molecule has 9 heavy (non-hydrogen) atoms. The normalized spacial score (nSPS) is 43.7. The van der Waals surface area contributed by atoms with Gasteiger partial charge in [0.05, 0.1) is 0 Å². The van der Waals surface area contributed by atoms with Crippen molar-refractivity contribution in [1.82, 2.24) is 0 Å². The number of rotatable bonds is 1. The molecule has 0 radical (unpaired) electrons. The van der Waals surface area contributed by atoms with Crippen LogP contribution in [0.1, 0.15) is 12.8 Å². The molecule has 0 spiro atoms. The van der Waals surface area contributed by atoms with Gasteiger partial charge in [0, 0.05) is 6.61 Å². The fraction of sp³-hybridized carbons (Fsp3) is 1.00. The third-order valence-corrected chi connectivity index (χ3v) is 1.77. The van der Waals surface area contributed by atoms with Crippen molar-refractivity contribution in [3.05, 3.63) is 0 Å². The molecule has 0 aliphatic heterocycles. The lowest BCUT2D eigenvalue weighted by molar-refractivity contribution is 0.199. The second-order valence-corrected chi connectivity index (χ2v) is 2.55. The smallest absolute Gasteiger partial charge is 0.132 e. The van der Waals surface area contributed by atoms with E-state index in [1.807, 2.05) is 0 Å². The Balaban J connectivity index is 2.35. The summed E-state index contributed by atoms with van der Waals surface area (Å²) in [6.07, 6.45) is -2.28. The fourth-order valence-electron chi connectivity index (χ4n) is 1.18. The van der Waals surface area contributed by atoms with Gasteiger partial charge in [0.1, 0.15) is 12.3 Å². The van der Waals surface area contributed by atoms with Crippen LogP contribution in [0, 0.1) is 5.92 Å². The monoisotopic (exact) mass is 136 g/mol. The highest BCUT2D eigenvalue weighted by Crippen LogP contribution is 2.29. The predicted octanol–water partition coefficient (Wildman–Crippen LogP) is 1.06. The van der Waals surface area contributed by atoms with Crippen LogP contribution < -0.4 is 0 Å². The van der Waals surface area contributed by atoms with Crippen LogP contribution in [0.5, 0.6) is 0 Å². The van der Waals surface area contributed by atoms with Gasteiger partial charge >= 0.3 is 0 Å². The van der Waals surface area contributed by atoms with Gasteiger partial charge in [-0.05, 0) is 18.8 Å².